The average molecular weight is 365 g/mol. The van der Waals surface area contributed by atoms with E-state index in [-0.39, 0.29) is 18.6 Å². The zero-order valence-corrected chi connectivity index (χ0v) is 16.2. The fourth-order valence-corrected chi connectivity index (χ4v) is 3.47. The van der Waals surface area contributed by atoms with Crippen molar-refractivity contribution < 1.29 is 24.5 Å². The van der Waals surface area contributed by atoms with Crippen molar-refractivity contribution in [3.05, 3.63) is 23.3 Å². The summed E-state index contributed by atoms with van der Waals surface area (Å²) in [7, 11) is 3.18. The Morgan fingerprint density at radius 3 is 2.50 bits per heavy atom. The molecule has 0 aliphatic carbocycles. The van der Waals surface area contributed by atoms with Crippen LogP contribution in [-0.2, 0) is 11.2 Å². The van der Waals surface area contributed by atoms with E-state index < -0.39 is 6.10 Å². The van der Waals surface area contributed by atoms with Crippen LogP contribution in [0.15, 0.2) is 12.1 Å². The zero-order valence-electron chi connectivity index (χ0n) is 16.2. The fraction of sp³-hybridized carbons (Fsp3) is 0.650. The molecule has 0 saturated heterocycles. The minimum atomic E-state index is -0.876. The van der Waals surface area contributed by atoms with Gasteiger partial charge < -0.3 is 24.6 Å². The maximum absolute atomic E-state index is 12.8. The van der Waals surface area contributed by atoms with E-state index in [1.807, 2.05) is 17.0 Å². The number of aliphatic hydroxyl groups excluding tert-OH is 2. The van der Waals surface area contributed by atoms with Gasteiger partial charge in [0.05, 0.1) is 33.0 Å². The summed E-state index contributed by atoms with van der Waals surface area (Å²) in [6.45, 7) is 4.47. The van der Waals surface area contributed by atoms with Crippen LogP contribution in [-0.4, -0.2) is 54.5 Å². The van der Waals surface area contributed by atoms with Crippen LogP contribution in [0.5, 0.6) is 11.5 Å². The van der Waals surface area contributed by atoms with Crippen LogP contribution in [0.3, 0.4) is 0 Å². The second kappa shape index (κ2) is 9.24. The molecule has 2 atom stereocenters. The third kappa shape index (κ3) is 4.68. The second-order valence-corrected chi connectivity index (χ2v) is 7.26. The number of carbonyl (C=O) groups excluding carboxylic acids is 1. The van der Waals surface area contributed by atoms with Crippen molar-refractivity contribution in [2.75, 3.05) is 27.4 Å². The number of ether oxygens (including phenoxy) is 2. The first-order valence-electron chi connectivity index (χ1n) is 9.24. The van der Waals surface area contributed by atoms with Gasteiger partial charge in [0.1, 0.15) is 0 Å². The molecule has 1 aromatic carbocycles. The lowest BCUT2D eigenvalue weighted by atomic mass is 9.88. The second-order valence-electron chi connectivity index (χ2n) is 7.26. The standard InChI is InChI=1S/C20H31NO5/c1-13(2)5-6-20(24)21-8-7-14-9-18(25-3)19(26-4)11-16(14)17(21)10-15(23)12-22/h9,11,13,15,17,22-23H,5-8,10,12H2,1-4H3/t15?,17-/m1/s1. The topological polar surface area (TPSA) is 79.2 Å². The molecular weight excluding hydrogens is 334 g/mol. The first kappa shape index (κ1) is 20.5. The fourth-order valence-electron chi connectivity index (χ4n) is 3.47. The lowest BCUT2D eigenvalue weighted by Crippen LogP contribution is -2.41. The minimum Gasteiger partial charge on any atom is -0.493 e. The number of aliphatic hydroxyl groups is 2. The number of nitrogens with zero attached hydrogens (tertiary/aromatic N) is 1. The highest BCUT2D eigenvalue weighted by Gasteiger charge is 2.33. The molecule has 0 aromatic heterocycles. The van der Waals surface area contributed by atoms with Gasteiger partial charge in [-0.25, -0.2) is 0 Å². The van der Waals surface area contributed by atoms with E-state index >= 15 is 0 Å². The molecule has 0 spiro atoms. The van der Waals surface area contributed by atoms with Crippen LogP contribution >= 0.6 is 0 Å². The van der Waals surface area contributed by atoms with Crippen molar-refractivity contribution in [2.45, 2.75) is 51.7 Å². The van der Waals surface area contributed by atoms with Crippen molar-refractivity contribution >= 4 is 5.91 Å². The smallest absolute Gasteiger partial charge is 0.223 e. The van der Waals surface area contributed by atoms with E-state index in [0.29, 0.717) is 36.8 Å². The summed E-state index contributed by atoms with van der Waals surface area (Å²) in [4.78, 5) is 14.6. The molecule has 6 heteroatoms. The number of fused-ring (bicyclic) bond motifs is 1. The van der Waals surface area contributed by atoms with Crippen LogP contribution in [0, 0.1) is 5.92 Å². The number of amides is 1. The Morgan fingerprint density at radius 1 is 1.27 bits per heavy atom. The molecule has 1 aliphatic heterocycles. The maximum atomic E-state index is 12.8. The SMILES string of the molecule is COc1cc2c(cc1OC)[C@@H](CC(O)CO)N(C(=O)CCC(C)C)CC2. The highest BCUT2D eigenvalue weighted by Crippen LogP contribution is 2.40. The molecule has 0 saturated carbocycles. The largest absolute Gasteiger partial charge is 0.493 e. The quantitative estimate of drug-likeness (QED) is 0.739. The minimum absolute atomic E-state index is 0.0919. The molecule has 0 radical (unpaired) electrons. The molecule has 1 aliphatic rings. The van der Waals surface area contributed by atoms with Gasteiger partial charge in [-0.3, -0.25) is 4.79 Å². The first-order chi connectivity index (χ1) is 12.4. The predicted molar refractivity (Wildman–Crippen MR) is 99.5 cm³/mol. The molecule has 1 unspecified atom stereocenters. The Kier molecular flexibility index (Phi) is 7.29. The van der Waals surface area contributed by atoms with Crippen LogP contribution in [0.4, 0.5) is 0 Å². The van der Waals surface area contributed by atoms with E-state index in [4.69, 9.17) is 9.47 Å². The highest BCUT2D eigenvalue weighted by atomic mass is 16.5. The molecule has 0 fully saturated rings. The van der Waals surface area contributed by atoms with Crippen molar-refractivity contribution in [1.82, 2.24) is 4.90 Å². The van der Waals surface area contributed by atoms with Gasteiger partial charge in [-0.1, -0.05) is 13.8 Å². The van der Waals surface area contributed by atoms with Gasteiger partial charge in [0.15, 0.2) is 11.5 Å². The third-order valence-corrected chi connectivity index (χ3v) is 4.96. The van der Waals surface area contributed by atoms with Crippen LogP contribution in [0.2, 0.25) is 0 Å². The molecule has 0 bridgehead atoms. The van der Waals surface area contributed by atoms with E-state index in [9.17, 15) is 15.0 Å². The van der Waals surface area contributed by atoms with Gasteiger partial charge in [-0.2, -0.15) is 0 Å². The Hall–Kier alpha value is -1.79. The summed E-state index contributed by atoms with van der Waals surface area (Å²) in [5.74, 6) is 1.81. The summed E-state index contributed by atoms with van der Waals surface area (Å²) in [6, 6.07) is 3.56. The van der Waals surface area contributed by atoms with Gasteiger partial charge in [0, 0.05) is 19.4 Å². The zero-order chi connectivity index (χ0) is 19.3. The monoisotopic (exact) mass is 365 g/mol. The van der Waals surface area contributed by atoms with Gasteiger partial charge in [0.25, 0.3) is 0 Å². The predicted octanol–water partition coefficient (Wildman–Crippen LogP) is 2.31. The van der Waals surface area contributed by atoms with E-state index in [2.05, 4.69) is 13.8 Å². The molecular formula is C20H31NO5. The van der Waals surface area contributed by atoms with Gasteiger partial charge in [0.2, 0.25) is 5.91 Å². The van der Waals surface area contributed by atoms with Crippen LogP contribution in [0.25, 0.3) is 0 Å². The van der Waals surface area contributed by atoms with Gasteiger partial charge in [-0.15, -0.1) is 0 Å². The van der Waals surface area contributed by atoms with Gasteiger partial charge >= 0.3 is 0 Å². The number of benzene rings is 1. The van der Waals surface area contributed by atoms with E-state index in [1.54, 1.807) is 14.2 Å². The third-order valence-electron chi connectivity index (χ3n) is 4.96. The Bertz CT molecular complexity index is 616. The maximum Gasteiger partial charge on any atom is 0.223 e. The number of rotatable bonds is 8. The molecule has 1 heterocycles. The summed E-state index contributed by atoms with van der Waals surface area (Å²) in [5, 5.41) is 19.3. The Balaban J connectivity index is 2.36. The van der Waals surface area contributed by atoms with E-state index in [0.717, 1.165) is 24.0 Å². The van der Waals surface area contributed by atoms with Gasteiger partial charge in [-0.05, 0) is 42.0 Å². The van der Waals surface area contributed by atoms with Crippen molar-refractivity contribution in [2.24, 2.45) is 5.92 Å². The van der Waals surface area contributed by atoms with Crippen LogP contribution in [0.1, 0.15) is 50.3 Å². The summed E-state index contributed by atoms with van der Waals surface area (Å²) in [5.41, 5.74) is 2.05. The average Bonchev–Trinajstić information content (AvgIpc) is 2.64. The lowest BCUT2D eigenvalue weighted by molar-refractivity contribution is -0.135. The van der Waals surface area contributed by atoms with Crippen molar-refractivity contribution in [3.8, 4) is 11.5 Å². The van der Waals surface area contributed by atoms with Crippen LogP contribution < -0.4 is 9.47 Å². The number of carbonyl (C=O) groups is 1. The summed E-state index contributed by atoms with van der Waals surface area (Å²) in [6.07, 6.45) is 1.48. The van der Waals surface area contributed by atoms with E-state index in [1.165, 1.54) is 0 Å². The Labute approximate surface area is 155 Å². The highest BCUT2D eigenvalue weighted by molar-refractivity contribution is 5.77. The van der Waals surface area contributed by atoms with Crippen molar-refractivity contribution in [3.63, 3.8) is 0 Å². The molecule has 6 nitrogen and oxygen atoms in total. The molecule has 1 amide bonds. The van der Waals surface area contributed by atoms with Crippen molar-refractivity contribution in [1.29, 1.82) is 0 Å². The number of methoxy groups -OCH3 is 2. The lowest BCUT2D eigenvalue weighted by Gasteiger charge is -2.39. The molecule has 146 valence electrons. The molecule has 2 N–H and O–H groups in total. The molecule has 1 aromatic rings. The summed E-state index contributed by atoms with van der Waals surface area (Å²) < 4.78 is 10.8. The molecule has 2 rings (SSSR count). The normalized spacial score (nSPS) is 17.8. The number of hydrogen-bond donors (Lipinski definition) is 2. The Morgan fingerprint density at radius 2 is 1.92 bits per heavy atom. The molecule has 26 heavy (non-hydrogen) atoms. The summed E-state index contributed by atoms with van der Waals surface area (Å²) >= 11 is 0. The number of hydrogen-bond acceptors (Lipinski definition) is 5. The first-order valence-corrected chi connectivity index (χ1v) is 9.24.